The SMILES string of the molecule is Nc1cn2ccnc2c(Nc2ccc(Br)c(Cl)c2)n1. The number of nitrogen functional groups attached to an aromatic ring is 1. The first-order chi connectivity index (χ1) is 9.13. The molecule has 0 amide bonds. The van der Waals surface area contributed by atoms with E-state index in [1.165, 1.54) is 0 Å². The number of aromatic nitrogens is 3. The van der Waals surface area contributed by atoms with E-state index in [0.29, 0.717) is 22.3 Å². The summed E-state index contributed by atoms with van der Waals surface area (Å²) in [6.07, 6.45) is 5.21. The Bertz CT molecular complexity index is 755. The third-order valence-corrected chi connectivity index (χ3v) is 3.81. The maximum Gasteiger partial charge on any atom is 0.180 e. The molecule has 0 aliphatic heterocycles. The van der Waals surface area contributed by atoms with Crippen molar-refractivity contribution in [1.82, 2.24) is 14.4 Å². The molecule has 19 heavy (non-hydrogen) atoms. The Balaban J connectivity index is 2.04. The van der Waals surface area contributed by atoms with Crippen molar-refractivity contribution in [3.05, 3.63) is 46.3 Å². The Morgan fingerprint density at radius 2 is 2.21 bits per heavy atom. The van der Waals surface area contributed by atoms with Gasteiger partial charge in [-0.2, -0.15) is 0 Å². The summed E-state index contributed by atoms with van der Waals surface area (Å²) in [5.41, 5.74) is 7.28. The third-order valence-electron chi connectivity index (χ3n) is 2.58. The average Bonchev–Trinajstić information content (AvgIpc) is 2.82. The van der Waals surface area contributed by atoms with Crippen LogP contribution in [0.2, 0.25) is 5.02 Å². The summed E-state index contributed by atoms with van der Waals surface area (Å²) in [7, 11) is 0. The van der Waals surface area contributed by atoms with Gasteiger partial charge in [-0.3, -0.25) is 0 Å². The first-order valence-electron chi connectivity index (χ1n) is 5.45. The van der Waals surface area contributed by atoms with Crippen LogP contribution in [-0.4, -0.2) is 14.4 Å². The zero-order valence-corrected chi connectivity index (χ0v) is 12.0. The van der Waals surface area contributed by atoms with Gasteiger partial charge in [0.1, 0.15) is 5.82 Å². The molecule has 3 aromatic rings. The highest BCUT2D eigenvalue weighted by atomic mass is 79.9. The van der Waals surface area contributed by atoms with E-state index in [1.54, 1.807) is 18.5 Å². The molecule has 5 nitrogen and oxygen atoms in total. The van der Waals surface area contributed by atoms with Crippen LogP contribution in [0.4, 0.5) is 17.3 Å². The molecule has 3 N–H and O–H groups in total. The number of nitrogens with one attached hydrogen (secondary N) is 1. The fraction of sp³-hybridized carbons (Fsp3) is 0. The van der Waals surface area contributed by atoms with Crippen LogP contribution in [0.5, 0.6) is 0 Å². The van der Waals surface area contributed by atoms with Crippen LogP contribution in [0, 0.1) is 0 Å². The normalized spacial score (nSPS) is 10.8. The van der Waals surface area contributed by atoms with Crippen LogP contribution in [0.1, 0.15) is 0 Å². The molecule has 2 aromatic heterocycles. The van der Waals surface area contributed by atoms with Crippen molar-refractivity contribution in [2.24, 2.45) is 0 Å². The zero-order chi connectivity index (χ0) is 13.4. The van der Waals surface area contributed by atoms with Crippen LogP contribution in [0.15, 0.2) is 41.3 Å². The van der Waals surface area contributed by atoms with Crippen molar-refractivity contribution in [2.75, 3.05) is 11.1 Å². The quantitative estimate of drug-likeness (QED) is 0.751. The van der Waals surface area contributed by atoms with E-state index < -0.39 is 0 Å². The number of imidazole rings is 1. The van der Waals surface area contributed by atoms with Gasteiger partial charge in [0.2, 0.25) is 0 Å². The molecule has 3 rings (SSSR count). The van der Waals surface area contributed by atoms with Gasteiger partial charge in [-0.1, -0.05) is 11.6 Å². The van der Waals surface area contributed by atoms with E-state index in [0.717, 1.165) is 10.2 Å². The van der Waals surface area contributed by atoms with Crippen molar-refractivity contribution in [3.63, 3.8) is 0 Å². The second-order valence-electron chi connectivity index (χ2n) is 3.93. The molecule has 0 radical (unpaired) electrons. The van der Waals surface area contributed by atoms with E-state index in [4.69, 9.17) is 17.3 Å². The minimum atomic E-state index is 0.413. The fourth-order valence-electron chi connectivity index (χ4n) is 1.75. The summed E-state index contributed by atoms with van der Waals surface area (Å²) >= 11 is 9.40. The number of anilines is 3. The number of benzene rings is 1. The number of halogens is 2. The van der Waals surface area contributed by atoms with Crippen LogP contribution in [-0.2, 0) is 0 Å². The van der Waals surface area contributed by atoms with Gasteiger partial charge in [0, 0.05) is 22.6 Å². The fourth-order valence-corrected chi connectivity index (χ4v) is 2.17. The molecule has 0 saturated heterocycles. The van der Waals surface area contributed by atoms with Crippen molar-refractivity contribution < 1.29 is 0 Å². The minimum absolute atomic E-state index is 0.413. The Morgan fingerprint density at radius 1 is 1.37 bits per heavy atom. The summed E-state index contributed by atoms with van der Waals surface area (Å²) in [5.74, 6) is 1.000. The maximum absolute atomic E-state index is 6.06. The molecular formula is C12H9BrClN5. The lowest BCUT2D eigenvalue weighted by Gasteiger charge is -2.08. The Kier molecular flexibility index (Phi) is 3.04. The molecule has 0 bridgehead atoms. The van der Waals surface area contributed by atoms with Crippen molar-refractivity contribution in [3.8, 4) is 0 Å². The molecular weight excluding hydrogens is 330 g/mol. The highest BCUT2D eigenvalue weighted by Crippen LogP contribution is 2.28. The summed E-state index contributed by atoms with van der Waals surface area (Å²) in [6, 6.07) is 5.55. The van der Waals surface area contributed by atoms with Crippen molar-refractivity contribution in [1.29, 1.82) is 0 Å². The van der Waals surface area contributed by atoms with Gasteiger partial charge in [-0.05, 0) is 34.1 Å². The Morgan fingerprint density at radius 3 is 3.00 bits per heavy atom. The van der Waals surface area contributed by atoms with Gasteiger partial charge < -0.3 is 15.5 Å². The van der Waals surface area contributed by atoms with E-state index in [1.807, 2.05) is 22.7 Å². The standard InChI is InChI=1S/C12H9BrClN5/c13-8-2-1-7(5-9(8)14)17-11-12-16-3-4-19(12)6-10(15)18-11/h1-6H,15H2,(H,17,18). The Hall–Kier alpha value is -1.79. The van der Waals surface area contributed by atoms with E-state index in [-0.39, 0.29) is 0 Å². The van der Waals surface area contributed by atoms with Crippen LogP contribution in [0.25, 0.3) is 5.65 Å². The Labute approximate surface area is 122 Å². The lowest BCUT2D eigenvalue weighted by atomic mass is 10.3. The summed E-state index contributed by atoms with van der Waals surface area (Å²) in [6.45, 7) is 0. The zero-order valence-electron chi connectivity index (χ0n) is 9.64. The molecule has 0 fully saturated rings. The molecule has 1 aromatic carbocycles. The van der Waals surface area contributed by atoms with Gasteiger partial charge in [0.05, 0.1) is 11.2 Å². The van der Waals surface area contributed by atoms with E-state index in [9.17, 15) is 0 Å². The lowest BCUT2D eigenvalue weighted by Crippen LogP contribution is -2.01. The molecule has 2 heterocycles. The monoisotopic (exact) mass is 337 g/mol. The molecule has 0 aliphatic rings. The number of hydrogen-bond acceptors (Lipinski definition) is 4. The summed E-state index contributed by atoms with van der Waals surface area (Å²) < 4.78 is 2.65. The van der Waals surface area contributed by atoms with Gasteiger partial charge in [0.25, 0.3) is 0 Å². The van der Waals surface area contributed by atoms with Crippen molar-refractivity contribution in [2.45, 2.75) is 0 Å². The van der Waals surface area contributed by atoms with Crippen LogP contribution >= 0.6 is 27.5 Å². The van der Waals surface area contributed by atoms with Crippen LogP contribution < -0.4 is 11.1 Å². The number of fused-ring (bicyclic) bond motifs is 1. The topological polar surface area (TPSA) is 68.2 Å². The molecule has 0 saturated carbocycles. The molecule has 0 spiro atoms. The predicted molar refractivity (Wildman–Crippen MR) is 79.8 cm³/mol. The summed E-state index contributed by atoms with van der Waals surface area (Å²) in [5, 5.41) is 3.78. The van der Waals surface area contributed by atoms with Gasteiger partial charge >= 0.3 is 0 Å². The second kappa shape index (κ2) is 4.71. The number of hydrogen-bond donors (Lipinski definition) is 2. The third kappa shape index (κ3) is 2.36. The minimum Gasteiger partial charge on any atom is -0.382 e. The number of nitrogens with zero attached hydrogens (tertiary/aromatic N) is 3. The molecule has 0 unspecified atom stereocenters. The van der Waals surface area contributed by atoms with Gasteiger partial charge in [-0.25, -0.2) is 9.97 Å². The highest BCUT2D eigenvalue weighted by molar-refractivity contribution is 9.10. The lowest BCUT2D eigenvalue weighted by molar-refractivity contribution is 1.14. The number of rotatable bonds is 2. The molecule has 7 heteroatoms. The van der Waals surface area contributed by atoms with E-state index in [2.05, 4.69) is 31.2 Å². The smallest absolute Gasteiger partial charge is 0.180 e. The first kappa shape index (κ1) is 12.3. The molecule has 0 atom stereocenters. The van der Waals surface area contributed by atoms with Crippen LogP contribution in [0.3, 0.4) is 0 Å². The largest absolute Gasteiger partial charge is 0.382 e. The second-order valence-corrected chi connectivity index (χ2v) is 5.19. The predicted octanol–water partition coefficient (Wildman–Crippen LogP) is 3.47. The highest BCUT2D eigenvalue weighted by Gasteiger charge is 2.07. The molecule has 0 aliphatic carbocycles. The van der Waals surface area contributed by atoms with Gasteiger partial charge in [0.15, 0.2) is 11.5 Å². The van der Waals surface area contributed by atoms with Crippen molar-refractivity contribution >= 4 is 50.5 Å². The maximum atomic E-state index is 6.06. The van der Waals surface area contributed by atoms with E-state index >= 15 is 0 Å². The first-order valence-corrected chi connectivity index (χ1v) is 6.62. The average molecular weight is 339 g/mol. The number of nitrogens with two attached hydrogens (primary N) is 1. The molecule has 96 valence electrons. The van der Waals surface area contributed by atoms with Gasteiger partial charge in [-0.15, -0.1) is 0 Å². The summed E-state index contributed by atoms with van der Waals surface area (Å²) in [4.78, 5) is 8.49.